The van der Waals surface area contributed by atoms with E-state index in [9.17, 15) is 4.79 Å². The van der Waals surface area contributed by atoms with Crippen LogP contribution < -0.4 is 0 Å². The summed E-state index contributed by atoms with van der Waals surface area (Å²) in [7, 11) is 0. The van der Waals surface area contributed by atoms with Crippen molar-refractivity contribution in [1.29, 1.82) is 0 Å². The maximum atomic E-state index is 11.0. The molecule has 0 aromatic heterocycles. The average Bonchev–Trinajstić information content (AvgIpc) is 2.10. The number of hydrogen-bond acceptors (Lipinski definition) is 1. The van der Waals surface area contributed by atoms with Crippen molar-refractivity contribution in [1.82, 2.24) is 0 Å². The van der Waals surface area contributed by atoms with E-state index in [2.05, 4.69) is 12.8 Å². The minimum atomic E-state index is -0.774. The fourth-order valence-electron chi connectivity index (χ4n) is 1.62. The molecule has 2 heteroatoms. The quantitative estimate of drug-likeness (QED) is 0.663. The van der Waals surface area contributed by atoms with Crippen molar-refractivity contribution in [3.8, 4) is 12.3 Å². The number of carbonyl (C=O) groups is 1. The number of carboxylic acid groups (broad SMARTS) is 1. The molecule has 1 N–H and O–H groups in total. The van der Waals surface area contributed by atoms with E-state index in [1.54, 1.807) is 0 Å². The minimum Gasteiger partial charge on any atom is -0.481 e. The Hall–Kier alpha value is -0.970. The Bertz CT molecular complexity index is 223. The molecule has 0 saturated heterocycles. The van der Waals surface area contributed by atoms with Gasteiger partial charge in [-0.25, -0.2) is 0 Å². The molecular weight excluding hydrogens is 176 g/mol. The van der Waals surface area contributed by atoms with Crippen LogP contribution >= 0.6 is 0 Å². The fraction of sp³-hybridized carbons (Fsp3) is 0.750. The summed E-state index contributed by atoms with van der Waals surface area (Å²) in [5.74, 6) is 1.26. The lowest BCUT2D eigenvalue weighted by Gasteiger charge is -2.30. The van der Waals surface area contributed by atoms with E-state index >= 15 is 0 Å². The van der Waals surface area contributed by atoms with Crippen LogP contribution in [-0.4, -0.2) is 11.1 Å². The van der Waals surface area contributed by atoms with E-state index in [0.717, 1.165) is 19.3 Å². The molecule has 0 spiro atoms. The van der Waals surface area contributed by atoms with Crippen molar-refractivity contribution in [3.63, 3.8) is 0 Å². The molecule has 0 aliphatic rings. The van der Waals surface area contributed by atoms with E-state index in [1.807, 2.05) is 13.8 Å². The largest absolute Gasteiger partial charge is 0.481 e. The van der Waals surface area contributed by atoms with Gasteiger partial charge in [-0.15, -0.1) is 12.3 Å². The molecule has 80 valence electrons. The van der Waals surface area contributed by atoms with Gasteiger partial charge in [0, 0.05) is 6.42 Å². The van der Waals surface area contributed by atoms with Gasteiger partial charge >= 0.3 is 5.97 Å². The number of rotatable bonds is 6. The van der Waals surface area contributed by atoms with Gasteiger partial charge in [0.25, 0.3) is 0 Å². The van der Waals surface area contributed by atoms with Gasteiger partial charge in [-0.2, -0.15) is 0 Å². The third-order valence-corrected chi connectivity index (χ3v) is 2.74. The van der Waals surface area contributed by atoms with E-state index in [0.29, 0.717) is 6.42 Å². The maximum absolute atomic E-state index is 11.0. The second-order valence-electron chi connectivity index (χ2n) is 4.39. The van der Waals surface area contributed by atoms with E-state index in [4.69, 9.17) is 11.5 Å². The van der Waals surface area contributed by atoms with Gasteiger partial charge in [0.2, 0.25) is 0 Å². The van der Waals surface area contributed by atoms with Gasteiger partial charge in [0.15, 0.2) is 0 Å². The topological polar surface area (TPSA) is 37.3 Å². The molecule has 1 atom stereocenters. The molecule has 0 fully saturated rings. The summed E-state index contributed by atoms with van der Waals surface area (Å²) in [6.45, 7) is 6.07. The highest BCUT2D eigenvalue weighted by Crippen LogP contribution is 2.34. The molecule has 0 aromatic rings. The monoisotopic (exact) mass is 196 g/mol. The average molecular weight is 196 g/mol. The van der Waals surface area contributed by atoms with Gasteiger partial charge < -0.3 is 5.11 Å². The molecule has 2 nitrogen and oxygen atoms in total. The third-order valence-electron chi connectivity index (χ3n) is 2.74. The van der Waals surface area contributed by atoms with Crippen LogP contribution in [0.2, 0.25) is 0 Å². The highest BCUT2D eigenvalue weighted by Gasteiger charge is 2.33. The summed E-state index contributed by atoms with van der Waals surface area (Å²) in [6, 6.07) is 0. The SMILES string of the molecule is C#CCC(C(=O)O)C(C)(C)CCCC. The summed E-state index contributed by atoms with van der Waals surface area (Å²) in [6.07, 6.45) is 8.57. The minimum absolute atomic E-state index is 0.200. The lowest BCUT2D eigenvalue weighted by Crippen LogP contribution is -2.30. The zero-order chi connectivity index (χ0) is 11.2. The molecule has 0 aromatic carbocycles. The second kappa shape index (κ2) is 5.70. The number of unbranched alkanes of at least 4 members (excludes halogenated alkanes) is 1. The van der Waals surface area contributed by atoms with Crippen LogP contribution in [0.25, 0.3) is 0 Å². The first kappa shape index (κ1) is 13.0. The summed E-state index contributed by atoms with van der Waals surface area (Å²) >= 11 is 0. The first-order valence-corrected chi connectivity index (χ1v) is 5.12. The molecule has 0 rings (SSSR count). The van der Waals surface area contributed by atoms with Crippen LogP contribution in [0.1, 0.15) is 46.5 Å². The van der Waals surface area contributed by atoms with Crippen molar-refractivity contribution >= 4 is 5.97 Å². The molecule has 0 amide bonds. The Balaban J connectivity index is 4.46. The smallest absolute Gasteiger partial charge is 0.308 e. The normalized spacial score (nSPS) is 13.3. The van der Waals surface area contributed by atoms with Crippen molar-refractivity contribution in [2.45, 2.75) is 46.5 Å². The molecule has 14 heavy (non-hydrogen) atoms. The predicted molar refractivity (Wildman–Crippen MR) is 57.9 cm³/mol. The van der Waals surface area contributed by atoms with Gasteiger partial charge in [-0.3, -0.25) is 4.79 Å². The van der Waals surface area contributed by atoms with Crippen molar-refractivity contribution in [3.05, 3.63) is 0 Å². The van der Waals surface area contributed by atoms with Gasteiger partial charge in [-0.1, -0.05) is 33.6 Å². The second-order valence-corrected chi connectivity index (χ2v) is 4.39. The van der Waals surface area contributed by atoms with Gasteiger partial charge in [0.1, 0.15) is 0 Å². The zero-order valence-electron chi connectivity index (χ0n) is 9.34. The molecule has 1 unspecified atom stereocenters. The van der Waals surface area contributed by atoms with Crippen molar-refractivity contribution in [2.75, 3.05) is 0 Å². The molecule has 0 saturated carbocycles. The van der Waals surface area contributed by atoms with Crippen LogP contribution in [0.4, 0.5) is 0 Å². The van der Waals surface area contributed by atoms with Gasteiger partial charge in [-0.05, 0) is 11.8 Å². The van der Waals surface area contributed by atoms with Crippen LogP contribution in [0, 0.1) is 23.7 Å². The first-order valence-electron chi connectivity index (χ1n) is 5.12. The lowest BCUT2D eigenvalue weighted by molar-refractivity contribution is -0.145. The molecule has 0 bridgehead atoms. The Morgan fingerprint density at radius 2 is 2.14 bits per heavy atom. The number of terminal acetylenes is 1. The van der Waals surface area contributed by atoms with Crippen LogP contribution in [0.5, 0.6) is 0 Å². The van der Waals surface area contributed by atoms with Crippen LogP contribution in [-0.2, 0) is 4.79 Å². The maximum Gasteiger partial charge on any atom is 0.308 e. The first-order chi connectivity index (χ1) is 6.45. The Morgan fingerprint density at radius 3 is 2.50 bits per heavy atom. The Kier molecular flexibility index (Phi) is 5.30. The number of carboxylic acids is 1. The third kappa shape index (κ3) is 3.83. The van der Waals surface area contributed by atoms with Crippen molar-refractivity contribution < 1.29 is 9.90 Å². The molecular formula is C12H20O2. The Morgan fingerprint density at radius 1 is 1.57 bits per heavy atom. The molecule has 0 heterocycles. The molecule has 0 radical (unpaired) electrons. The van der Waals surface area contributed by atoms with Crippen LogP contribution in [0.3, 0.4) is 0 Å². The summed E-state index contributed by atoms with van der Waals surface area (Å²) in [4.78, 5) is 11.0. The fourth-order valence-corrected chi connectivity index (χ4v) is 1.62. The molecule has 0 aliphatic carbocycles. The Labute approximate surface area is 86.7 Å². The summed E-state index contributed by atoms with van der Waals surface area (Å²) in [5.41, 5.74) is -0.200. The summed E-state index contributed by atoms with van der Waals surface area (Å²) < 4.78 is 0. The highest BCUT2D eigenvalue weighted by atomic mass is 16.4. The van der Waals surface area contributed by atoms with Gasteiger partial charge in [0.05, 0.1) is 5.92 Å². The molecule has 0 aliphatic heterocycles. The number of aliphatic carboxylic acids is 1. The zero-order valence-corrected chi connectivity index (χ0v) is 9.34. The highest BCUT2D eigenvalue weighted by molar-refractivity contribution is 5.71. The standard InChI is InChI=1S/C12H20O2/c1-5-7-9-12(3,4)10(8-6-2)11(13)14/h2,10H,5,7-9H2,1,3-4H3,(H,13,14). The predicted octanol–water partition coefficient (Wildman–Crippen LogP) is 2.93. The van der Waals surface area contributed by atoms with Crippen molar-refractivity contribution in [2.24, 2.45) is 11.3 Å². The summed E-state index contributed by atoms with van der Waals surface area (Å²) in [5, 5.41) is 9.04. The lowest BCUT2D eigenvalue weighted by atomic mass is 9.74. The van der Waals surface area contributed by atoms with E-state index in [-0.39, 0.29) is 5.41 Å². The number of hydrogen-bond donors (Lipinski definition) is 1. The van der Waals surface area contributed by atoms with E-state index in [1.165, 1.54) is 0 Å². The van der Waals surface area contributed by atoms with Crippen LogP contribution in [0.15, 0.2) is 0 Å². The van der Waals surface area contributed by atoms with E-state index < -0.39 is 11.9 Å².